The summed E-state index contributed by atoms with van der Waals surface area (Å²) in [6.45, 7) is 12.9. The number of hydrogen-bond donors (Lipinski definition) is 0. The van der Waals surface area contributed by atoms with Crippen molar-refractivity contribution in [2.75, 3.05) is 0 Å². The maximum absolute atomic E-state index is 3.44. The normalized spacial score (nSPS) is 14.4. The summed E-state index contributed by atoms with van der Waals surface area (Å²) in [6.07, 6.45) is 0. The summed E-state index contributed by atoms with van der Waals surface area (Å²) in [5.41, 5.74) is 17.5. The summed E-state index contributed by atoms with van der Waals surface area (Å²) in [7, 11) is 0. The minimum Gasteiger partial charge on any atom is -0.140 e. The van der Waals surface area contributed by atoms with Crippen molar-refractivity contribution in [1.82, 2.24) is 0 Å². The molecule has 9 rings (SSSR count). The second-order valence-electron chi connectivity index (χ2n) is 14.2. The van der Waals surface area contributed by atoms with E-state index in [1.807, 2.05) is 29.6 Å². The number of rotatable bonds is 4. The Labute approximate surface area is 304 Å². The summed E-state index contributed by atoms with van der Waals surface area (Å²) >= 11 is 3.78. The highest BCUT2D eigenvalue weighted by molar-refractivity contribution is 7.16. The van der Waals surface area contributed by atoms with Gasteiger partial charge in [0.1, 0.15) is 0 Å². The number of thiophene rings is 2. The molecule has 0 nitrogen and oxygen atoms in total. The van der Waals surface area contributed by atoms with Crippen molar-refractivity contribution in [3.8, 4) is 32.7 Å². The van der Waals surface area contributed by atoms with Gasteiger partial charge in [-0.2, -0.15) is 0 Å². The van der Waals surface area contributed by atoms with Crippen LogP contribution in [0.15, 0.2) is 121 Å². The van der Waals surface area contributed by atoms with Gasteiger partial charge in [-0.05, 0) is 121 Å². The zero-order chi connectivity index (χ0) is 34.4. The van der Waals surface area contributed by atoms with Crippen molar-refractivity contribution >= 4 is 22.7 Å². The van der Waals surface area contributed by atoms with Gasteiger partial charge in [-0.3, -0.25) is 0 Å². The Hall–Kier alpha value is -4.94. The van der Waals surface area contributed by atoms with Crippen LogP contribution in [-0.2, 0) is 10.8 Å². The Kier molecular flexibility index (Phi) is 7.02. The molecule has 0 saturated heterocycles. The Morgan fingerprint density at radius 1 is 0.420 bits per heavy atom. The van der Waals surface area contributed by atoms with Crippen LogP contribution in [0, 0.1) is 46.5 Å². The van der Waals surface area contributed by atoms with E-state index in [0.717, 1.165) is 4.88 Å². The largest absolute Gasteiger partial charge is 0.140 e. The molecule has 0 atom stereocenters. The molecule has 0 bridgehead atoms. The van der Waals surface area contributed by atoms with Crippen LogP contribution in [0.5, 0.6) is 0 Å². The van der Waals surface area contributed by atoms with E-state index in [0.29, 0.717) is 0 Å². The summed E-state index contributed by atoms with van der Waals surface area (Å²) in [5, 5.41) is 0. The molecule has 0 fully saturated rings. The molecule has 2 aliphatic carbocycles. The summed E-state index contributed by atoms with van der Waals surface area (Å²) in [4.78, 5) is 5.17. The monoisotopic (exact) mass is 678 g/mol. The average molecular weight is 679 g/mol. The zero-order valence-electron chi connectivity index (χ0n) is 29.4. The molecule has 0 unspecified atom stereocenters. The van der Waals surface area contributed by atoms with Crippen LogP contribution in [0.25, 0.3) is 20.9 Å². The first-order valence-electron chi connectivity index (χ1n) is 17.4. The molecule has 2 heteroatoms. The SMILES string of the molecule is CC#Cc1cc2c(s1)-c1cc3c(cc1C2(c1ccc(C)cc1)c1ccc(C)cc1)-c1sc(C)cc1C3(c1ccc(C)cc1)c1ccc(C)cc1. The first kappa shape index (κ1) is 31.1. The zero-order valence-corrected chi connectivity index (χ0v) is 31.0. The number of benzene rings is 5. The van der Waals surface area contributed by atoms with E-state index >= 15 is 0 Å². The lowest BCUT2D eigenvalue weighted by atomic mass is 9.65. The van der Waals surface area contributed by atoms with Crippen LogP contribution in [0.4, 0.5) is 0 Å². The van der Waals surface area contributed by atoms with E-state index in [-0.39, 0.29) is 0 Å². The molecule has 0 amide bonds. The van der Waals surface area contributed by atoms with Crippen LogP contribution in [0.3, 0.4) is 0 Å². The van der Waals surface area contributed by atoms with Crippen LogP contribution in [0.1, 0.15) is 83.4 Å². The van der Waals surface area contributed by atoms with Crippen molar-refractivity contribution in [2.45, 2.75) is 52.4 Å². The fourth-order valence-corrected chi connectivity index (χ4v) is 11.0. The van der Waals surface area contributed by atoms with E-state index in [9.17, 15) is 0 Å². The van der Waals surface area contributed by atoms with Crippen LogP contribution < -0.4 is 0 Å². The van der Waals surface area contributed by atoms with Gasteiger partial charge in [-0.25, -0.2) is 0 Å². The first-order chi connectivity index (χ1) is 24.2. The highest BCUT2D eigenvalue weighted by Crippen LogP contribution is 2.64. The minimum atomic E-state index is -0.475. The summed E-state index contributed by atoms with van der Waals surface area (Å²) < 4.78 is 0. The van der Waals surface area contributed by atoms with Crippen LogP contribution >= 0.6 is 22.7 Å². The predicted octanol–water partition coefficient (Wildman–Crippen LogP) is 12.4. The molecule has 2 aromatic heterocycles. The van der Waals surface area contributed by atoms with Gasteiger partial charge in [0.05, 0.1) is 15.7 Å². The fourth-order valence-electron chi connectivity index (χ4n) is 8.72. The van der Waals surface area contributed by atoms with E-state index in [1.165, 1.54) is 92.5 Å². The standard InChI is InChI=1S/C48H38S2/c1-7-8-38-26-44-46(50-38)40-28-41-39(27-42(40)48(44,36-21-13-31(4)14-22-36)37-23-15-32(5)16-24-37)45-43(25-33(6)49-45)47(41,34-17-9-29(2)10-18-34)35-19-11-30(3)12-20-35/h9-28H,1-6H3. The molecule has 0 spiro atoms. The molecule has 0 radical (unpaired) electrons. The topological polar surface area (TPSA) is 0 Å². The molecule has 0 N–H and O–H groups in total. The third-order valence-corrected chi connectivity index (χ3v) is 13.2. The highest BCUT2D eigenvalue weighted by Gasteiger charge is 2.52. The average Bonchev–Trinajstić information content (AvgIpc) is 3.84. The van der Waals surface area contributed by atoms with E-state index in [1.54, 1.807) is 0 Å². The van der Waals surface area contributed by atoms with Crippen LogP contribution in [0.2, 0.25) is 0 Å². The Morgan fingerprint density at radius 3 is 1.16 bits per heavy atom. The molecular weight excluding hydrogens is 641 g/mol. The lowest BCUT2D eigenvalue weighted by Gasteiger charge is -2.35. The van der Waals surface area contributed by atoms with E-state index in [4.69, 9.17) is 0 Å². The van der Waals surface area contributed by atoms with Gasteiger partial charge < -0.3 is 0 Å². The molecule has 0 aliphatic heterocycles. The second kappa shape index (κ2) is 11.3. The molecule has 242 valence electrons. The van der Waals surface area contributed by atoms with Crippen molar-refractivity contribution in [3.63, 3.8) is 0 Å². The molecule has 5 aromatic carbocycles. The predicted molar refractivity (Wildman–Crippen MR) is 213 cm³/mol. The van der Waals surface area contributed by atoms with Gasteiger partial charge in [0.2, 0.25) is 0 Å². The smallest absolute Gasteiger partial charge is 0.0778 e. The molecular formula is C48H38S2. The van der Waals surface area contributed by atoms with Crippen molar-refractivity contribution in [2.24, 2.45) is 0 Å². The summed E-state index contributed by atoms with van der Waals surface area (Å²) in [6, 6.07) is 47.1. The Balaban J connectivity index is 1.45. The second-order valence-corrected chi connectivity index (χ2v) is 16.5. The Morgan fingerprint density at radius 2 is 0.780 bits per heavy atom. The quantitative estimate of drug-likeness (QED) is 0.163. The van der Waals surface area contributed by atoms with Crippen molar-refractivity contribution in [3.05, 3.63) is 198 Å². The third kappa shape index (κ3) is 4.24. The Bertz CT molecular complexity index is 2420. The minimum absolute atomic E-state index is 0.436. The maximum atomic E-state index is 3.44. The summed E-state index contributed by atoms with van der Waals surface area (Å²) in [5.74, 6) is 6.64. The third-order valence-electron chi connectivity index (χ3n) is 11.0. The lowest BCUT2D eigenvalue weighted by Crippen LogP contribution is -2.30. The van der Waals surface area contributed by atoms with Gasteiger partial charge in [0.25, 0.3) is 0 Å². The molecule has 7 aromatic rings. The van der Waals surface area contributed by atoms with Gasteiger partial charge in [-0.1, -0.05) is 125 Å². The highest BCUT2D eigenvalue weighted by atomic mass is 32.1. The van der Waals surface area contributed by atoms with Crippen LogP contribution in [-0.4, -0.2) is 0 Å². The van der Waals surface area contributed by atoms with Crippen molar-refractivity contribution in [1.29, 1.82) is 0 Å². The fraction of sp³-hybridized carbons (Fsp3) is 0.167. The molecule has 2 heterocycles. The molecule has 50 heavy (non-hydrogen) atoms. The number of hydrogen-bond acceptors (Lipinski definition) is 2. The van der Waals surface area contributed by atoms with Crippen molar-refractivity contribution < 1.29 is 0 Å². The lowest BCUT2D eigenvalue weighted by molar-refractivity contribution is 0.759. The first-order valence-corrected chi connectivity index (χ1v) is 19.0. The van der Waals surface area contributed by atoms with Gasteiger partial charge >= 0.3 is 0 Å². The van der Waals surface area contributed by atoms with E-state index < -0.39 is 10.8 Å². The number of fused-ring (bicyclic) bond motifs is 6. The van der Waals surface area contributed by atoms with Gasteiger partial charge in [-0.15, -0.1) is 28.6 Å². The van der Waals surface area contributed by atoms with Gasteiger partial charge in [0.15, 0.2) is 0 Å². The number of aryl methyl sites for hydroxylation is 5. The van der Waals surface area contributed by atoms with E-state index in [2.05, 4.69) is 168 Å². The van der Waals surface area contributed by atoms with Gasteiger partial charge in [0, 0.05) is 14.6 Å². The molecule has 0 saturated carbocycles. The maximum Gasteiger partial charge on any atom is 0.0778 e. The molecule has 2 aliphatic rings.